The van der Waals surface area contributed by atoms with Gasteiger partial charge in [0.05, 0.1) is 0 Å². The van der Waals surface area contributed by atoms with E-state index in [4.69, 9.17) is 0 Å². The summed E-state index contributed by atoms with van der Waals surface area (Å²) in [6, 6.07) is 0.959. The van der Waals surface area contributed by atoms with Gasteiger partial charge < -0.3 is 4.90 Å². The summed E-state index contributed by atoms with van der Waals surface area (Å²) < 4.78 is 0. The molecule has 0 aromatic carbocycles. The number of hydrogen-bond donors (Lipinski definition) is 0. The fourth-order valence-corrected chi connectivity index (χ4v) is 2.84. The van der Waals surface area contributed by atoms with E-state index in [-0.39, 0.29) is 0 Å². The molecular weight excluding hydrogens is 158 g/mol. The van der Waals surface area contributed by atoms with Crippen molar-refractivity contribution in [2.75, 3.05) is 13.1 Å². The van der Waals surface area contributed by atoms with Crippen LogP contribution >= 0.6 is 0 Å². The second-order valence-electron chi connectivity index (χ2n) is 5.01. The van der Waals surface area contributed by atoms with Crippen molar-refractivity contribution in [2.45, 2.75) is 57.9 Å². The van der Waals surface area contributed by atoms with Crippen molar-refractivity contribution in [2.24, 2.45) is 5.92 Å². The maximum absolute atomic E-state index is 2.76. The van der Waals surface area contributed by atoms with Crippen LogP contribution < -0.4 is 0 Å². The molecule has 2 fully saturated rings. The lowest BCUT2D eigenvalue weighted by Gasteiger charge is -2.38. The van der Waals surface area contributed by atoms with Gasteiger partial charge in [-0.15, -0.1) is 0 Å². The molecular formula is C12H23N. The highest BCUT2D eigenvalue weighted by Gasteiger charge is 2.24. The first-order valence-electron chi connectivity index (χ1n) is 6.10. The molecule has 0 spiro atoms. The topological polar surface area (TPSA) is 3.24 Å². The van der Waals surface area contributed by atoms with E-state index in [9.17, 15) is 0 Å². The van der Waals surface area contributed by atoms with Crippen LogP contribution in [-0.4, -0.2) is 24.0 Å². The minimum absolute atomic E-state index is 0.959. The van der Waals surface area contributed by atoms with Gasteiger partial charge in [-0.05, 0) is 44.7 Å². The van der Waals surface area contributed by atoms with Gasteiger partial charge in [-0.1, -0.05) is 26.2 Å². The van der Waals surface area contributed by atoms with Crippen LogP contribution in [-0.2, 0) is 0 Å². The quantitative estimate of drug-likeness (QED) is 0.601. The van der Waals surface area contributed by atoms with Gasteiger partial charge in [0.2, 0.25) is 0 Å². The first-order valence-corrected chi connectivity index (χ1v) is 6.10. The van der Waals surface area contributed by atoms with E-state index in [1.165, 1.54) is 58.0 Å². The molecule has 0 amide bonds. The lowest BCUT2D eigenvalue weighted by atomic mass is 9.91. The molecule has 0 radical (unpaired) electrons. The van der Waals surface area contributed by atoms with Crippen LogP contribution in [0.1, 0.15) is 51.9 Å². The van der Waals surface area contributed by atoms with Crippen LogP contribution in [0.15, 0.2) is 0 Å². The Morgan fingerprint density at radius 2 is 1.46 bits per heavy atom. The molecule has 1 saturated carbocycles. The van der Waals surface area contributed by atoms with Gasteiger partial charge in [-0.2, -0.15) is 0 Å². The first kappa shape index (κ1) is 9.51. The smallest absolute Gasteiger partial charge is 0.00952 e. The van der Waals surface area contributed by atoms with Crippen molar-refractivity contribution in [3.05, 3.63) is 0 Å². The van der Waals surface area contributed by atoms with Crippen LogP contribution in [0.3, 0.4) is 0 Å². The predicted molar refractivity (Wildman–Crippen MR) is 56.8 cm³/mol. The summed E-state index contributed by atoms with van der Waals surface area (Å²) in [5.41, 5.74) is 0. The minimum atomic E-state index is 0.959. The highest BCUT2D eigenvalue weighted by molar-refractivity contribution is 4.79. The summed E-state index contributed by atoms with van der Waals surface area (Å²) in [6.07, 6.45) is 10.3. The maximum atomic E-state index is 2.76. The fourth-order valence-electron chi connectivity index (χ4n) is 2.84. The van der Waals surface area contributed by atoms with E-state index in [1.54, 1.807) is 0 Å². The van der Waals surface area contributed by atoms with Gasteiger partial charge in [0.25, 0.3) is 0 Å². The Balaban J connectivity index is 1.79. The molecule has 1 heteroatoms. The van der Waals surface area contributed by atoms with Crippen molar-refractivity contribution in [3.8, 4) is 0 Å². The van der Waals surface area contributed by atoms with E-state index in [1.807, 2.05) is 0 Å². The molecule has 0 N–H and O–H groups in total. The summed E-state index contributed by atoms with van der Waals surface area (Å²) in [7, 11) is 0. The van der Waals surface area contributed by atoms with Crippen LogP contribution in [0.25, 0.3) is 0 Å². The van der Waals surface area contributed by atoms with Gasteiger partial charge in [0.15, 0.2) is 0 Å². The molecule has 13 heavy (non-hydrogen) atoms. The van der Waals surface area contributed by atoms with Crippen LogP contribution in [0.2, 0.25) is 0 Å². The number of nitrogens with zero attached hydrogens (tertiary/aromatic N) is 1. The van der Waals surface area contributed by atoms with Gasteiger partial charge in [0.1, 0.15) is 0 Å². The largest absolute Gasteiger partial charge is 0.300 e. The van der Waals surface area contributed by atoms with E-state index < -0.39 is 0 Å². The Bertz CT molecular complexity index is 141. The summed E-state index contributed by atoms with van der Waals surface area (Å²) in [4.78, 5) is 2.76. The van der Waals surface area contributed by atoms with Crippen LogP contribution in [0, 0.1) is 5.92 Å². The summed E-state index contributed by atoms with van der Waals surface area (Å²) in [5, 5.41) is 0. The first-order chi connectivity index (χ1) is 6.36. The van der Waals surface area contributed by atoms with E-state index >= 15 is 0 Å². The predicted octanol–water partition coefficient (Wildman–Crippen LogP) is 3.05. The Labute approximate surface area is 82.5 Å². The summed E-state index contributed by atoms with van der Waals surface area (Å²) in [5.74, 6) is 0.986. The molecule has 2 aliphatic rings. The normalized spacial score (nSPS) is 29.3. The van der Waals surface area contributed by atoms with Crippen molar-refractivity contribution >= 4 is 0 Å². The lowest BCUT2D eigenvalue weighted by molar-refractivity contribution is 0.111. The van der Waals surface area contributed by atoms with E-state index in [2.05, 4.69) is 11.8 Å². The minimum Gasteiger partial charge on any atom is -0.300 e. The fraction of sp³-hybridized carbons (Fsp3) is 1.00. The monoisotopic (exact) mass is 181 g/mol. The summed E-state index contributed by atoms with van der Waals surface area (Å²) in [6.45, 7) is 5.16. The molecule has 76 valence electrons. The number of rotatable bonds is 1. The van der Waals surface area contributed by atoms with Crippen molar-refractivity contribution in [1.29, 1.82) is 0 Å². The molecule has 1 heterocycles. The van der Waals surface area contributed by atoms with E-state index in [0.29, 0.717) is 0 Å². The maximum Gasteiger partial charge on any atom is 0.00952 e. The van der Waals surface area contributed by atoms with E-state index in [0.717, 1.165) is 12.0 Å². The van der Waals surface area contributed by atoms with Gasteiger partial charge in [-0.25, -0.2) is 0 Å². The Hall–Kier alpha value is -0.0400. The zero-order chi connectivity index (χ0) is 9.10. The van der Waals surface area contributed by atoms with Gasteiger partial charge in [-0.3, -0.25) is 0 Å². The molecule has 0 atom stereocenters. The molecule has 1 nitrogen and oxygen atoms in total. The van der Waals surface area contributed by atoms with Crippen LogP contribution in [0.4, 0.5) is 0 Å². The third-order valence-corrected chi connectivity index (χ3v) is 3.91. The standard InChI is InChI=1S/C12H23N/c1-11-7-9-13(10-8-11)12-5-3-2-4-6-12/h11-12H,2-10H2,1H3. The molecule has 1 saturated heterocycles. The molecule has 2 rings (SSSR count). The van der Waals surface area contributed by atoms with Crippen molar-refractivity contribution in [3.63, 3.8) is 0 Å². The zero-order valence-electron chi connectivity index (χ0n) is 8.97. The highest BCUT2D eigenvalue weighted by atomic mass is 15.2. The Kier molecular flexibility index (Phi) is 3.26. The molecule has 0 bridgehead atoms. The van der Waals surface area contributed by atoms with Crippen LogP contribution in [0.5, 0.6) is 0 Å². The average Bonchev–Trinajstić information content (AvgIpc) is 2.20. The molecule has 1 aliphatic heterocycles. The van der Waals surface area contributed by atoms with Gasteiger partial charge in [0, 0.05) is 6.04 Å². The average molecular weight is 181 g/mol. The summed E-state index contributed by atoms with van der Waals surface area (Å²) >= 11 is 0. The third-order valence-electron chi connectivity index (χ3n) is 3.91. The third kappa shape index (κ3) is 2.46. The second-order valence-corrected chi connectivity index (χ2v) is 5.01. The SMILES string of the molecule is CC1CCN(C2CCCCC2)CC1. The van der Waals surface area contributed by atoms with Crippen molar-refractivity contribution in [1.82, 2.24) is 4.90 Å². The zero-order valence-corrected chi connectivity index (χ0v) is 8.97. The molecule has 0 aromatic rings. The molecule has 0 unspecified atom stereocenters. The Morgan fingerprint density at radius 1 is 0.846 bits per heavy atom. The highest BCUT2D eigenvalue weighted by Crippen LogP contribution is 2.26. The number of likely N-dealkylation sites (tertiary alicyclic amines) is 1. The van der Waals surface area contributed by atoms with Gasteiger partial charge >= 0.3 is 0 Å². The van der Waals surface area contributed by atoms with Crippen molar-refractivity contribution < 1.29 is 0 Å². The number of piperidine rings is 1. The molecule has 0 aromatic heterocycles. The second kappa shape index (κ2) is 4.45. The lowest BCUT2D eigenvalue weighted by Crippen LogP contribution is -2.41. The number of hydrogen-bond acceptors (Lipinski definition) is 1. The molecule has 1 aliphatic carbocycles. The Morgan fingerprint density at radius 3 is 2.08 bits per heavy atom.